The van der Waals surface area contributed by atoms with Crippen molar-refractivity contribution in [2.45, 2.75) is 39.2 Å². The molecule has 0 unspecified atom stereocenters. The highest BCUT2D eigenvalue weighted by Gasteiger charge is 2.19. The van der Waals surface area contributed by atoms with Crippen molar-refractivity contribution in [2.75, 3.05) is 25.0 Å². The van der Waals surface area contributed by atoms with E-state index in [1.807, 2.05) is 0 Å². The average molecular weight is 289 g/mol. The number of aromatic nitrogens is 1. The molecule has 1 aromatic carbocycles. The lowest BCUT2D eigenvalue weighted by Gasteiger charge is -2.31. The van der Waals surface area contributed by atoms with Crippen molar-refractivity contribution in [3.8, 4) is 0 Å². The Kier molecular flexibility index (Phi) is 4.22. The number of nitrogens with one attached hydrogen (secondary N) is 1. The van der Waals surface area contributed by atoms with Gasteiger partial charge in [0.25, 0.3) is 0 Å². The van der Waals surface area contributed by atoms with Crippen molar-refractivity contribution in [3.05, 3.63) is 23.8 Å². The zero-order valence-electron chi connectivity index (χ0n) is 12.4. The van der Waals surface area contributed by atoms with Gasteiger partial charge in [-0.3, -0.25) is 0 Å². The molecule has 2 heterocycles. The summed E-state index contributed by atoms with van der Waals surface area (Å²) in [7, 11) is 0. The van der Waals surface area contributed by atoms with E-state index in [-0.39, 0.29) is 0 Å². The van der Waals surface area contributed by atoms with Gasteiger partial charge >= 0.3 is 0 Å². The Morgan fingerprint density at radius 3 is 2.85 bits per heavy atom. The molecule has 0 radical (unpaired) electrons. The van der Waals surface area contributed by atoms with Crippen molar-refractivity contribution in [1.29, 1.82) is 0 Å². The van der Waals surface area contributed by atoms with Gasteiger partial charge in [-0.25, -0.2) is 4.98 Å². The highest BCUT2D eigenvalue weighted by molar-refractivity contribution is 7.22. The Balaban J connectivity index is 1.64. The standard InChI is InChI=1S/C16H23N3S/c1-3-9-19-10-7-13(8-11-19)17-16-18-15-12(2)5-4-6-14(15)20-16/h4-6,13H,3,7-11H2,1-2H3,(H,17,18). The van der Waals surface area contributed by atoms with Gasteiger partial charge in [-0.05, 0) is 44.4 Å². The van der Waals surface area contributed by atoms with Gasteiger partial charge in [0.1, 0.15) is 0 Å². The molecule has 0 spiro atoms. The monoisotopic (exact) mass is 289 g/mol. The Bertz CT molecular complexity index is 570. The molecule has 1 aromatic heterocycles. The summed E-state index contributed by atoms with van der Waals surface area (Å²) in [5, 5.41) is 4.73. The number of thiazole rings is 1. The normalized spacial score (nSPS) is 17.7. The number of anilines is 1. The summed E-state index contributed by atoms with van der Waals surface area (Å²) in [5.74, 6) is 0. The number of nitrogens with zero attached hydrogens (tertiary/aromatic N) is 2. The molecule has 0 bridgehead atoms. The maximum absolute atomic E-state index is 4.76. The maximum Gasteiger partial charge on any atom is 0.184 e. The summed E-state index contributed by atoms with van der Waals surface area (Å²) in [6.07, 6.45) is 3.72. The van der Waals surface area contributed by atoms with Gasteiger partial charge in [-0.1, -0.05) is 30.4 Å². The summed E-state index contributed by atoms with van der Waals surface area (Å²) >= 11 is 1.78. The average Bonchev–Trinajstić information content (AvgIpc) is 2.85. The minimum Gasteiger partial charge on any atom is -0.359 e. The largest absolute Gasteiger partial charge is 0.359 e. The number of para-hydroxylation sites is 1. The third-order valence-corrected chi connectivity index (χ3v) is 5.03. The molecule has 20 heavy (non-hydrogen) atoms. The zero-order chi connectivity index (χ0) is 13.9. The predicted octanol–water partition coefficient (Wildman–Crippen LogP) is 3.89. The SMILES string of the molecule is CCCN1CCC(Nc2nc3c(C)cccc3s2)CC1. The number of hydrogen-bond donors (Lipinski definition) is 1. The van der Waals surface area contributed by atoms with Crippen LogP contribution in [0.1, 0.15) is 31.7 Å². The summed E-state index contributed by atoms with van der Waals surface area (Å²) in [4.78, 5) is 7.33. The van der Waals surface area contributed by atoms with Gasteiger partial charge in [0.2, 0.25) is 0 Å². The molecule has 0 atom stereocenters. The first-order valence-electron chi connectivity index (χ1n) is 7.61. The van der Waals surface area contributed by atoms with Crippen molar-refractivity contribution >= 4 is 26.7 Å². The quantitative estimate of drug-likeness (QED) is 0.925. The van der Waals surface area contributed by atoms with Gasteiger partial charge in [0.05, 0.1) is 10.2 Å². The van der Waals surface area contributed by atoms with Crippen LogP contribution in [0.5, 0.6) is 0 Å². The van der Waals surface area contributed by atoms with Gasteiger partial charge in [-0.2, -0.15) is 0 Å². The first-order chi connectivity index (χ1) is 9.76. The van der Waals surface area contributed by atoms with Crippen LogP contribution in [0.2, 0.25) is 0 Å². The number of fused-ring (bicyclic) bond motifs is 1. The Labute approximate surface area is 125 Å². The molecule has 1 N–H and O–H groups in total. The number of piperidine rings is 1. The van der Waals surface area contributed by atoms with Gasteiger partial charge < -0.3 is 10.2 Å². The topological polar surface area (TPSA) is 28.2 Å². The van der Waals surface area contributed by atoms with Crippen molar-refractivity contribution < 1.29 is 0 Å². The van der Waals surface area contributed by atoms with Crippen molar-refractivity contribution in [3.63, 3.8) is 0 Å². The second kappa shape index (κ2) is 6.10. The Morgan fingerprint density at radius 1 is 1.35 bits per heavy atom. The second-order valence-corrected chi connectivity index (χ2v) is 6.73. The smallest absolute Gasteiger partial charge is 0.184 e. The van der Waals surface area contributed by atoms with Crippen molar-refractivity contribution in [1.82, 2.24) is 9.88 Å². The number of hydrogen-bond acceptors (Lipinski definition) is 4. The second-order valence-electron chi connectivity index (χ2n) is 5.70. The van der Waals surface area contributed by atoms with E-state index >= 15 is 0 Å². The molecule has 4 heteroatoms. The molecular formula is C16H23N3S. The molecule has 2 aromatic rings. The maximum atomic E-state index is 4.76. The number of rotatable bonds is 4. The molecule has 0 amide bonds. The Hall–Kier alpha value is -1.13. The van der Waals surface area contributed by atoms with Crippen LogP contribution < -0.4 is 5.32 Å². The molecule has 3 rings (SSSR count). The summed E-state index contributed by atoms with van der Waals surface area (Å²) < 4.78 is 1.29. The van der Waals surface area contributed by atoms with Crippen LogP contribution in [0.15, 0.2) is 18.2 Å². The van der Waals surface area contributed by atoms with Crippen LogP contribution in [-0.2, 0) is 0 Å². The van der Waals surface area contributed by atoms with Crippen LogP contribution >= 0.6 is 11.3 Å². The fourth-order valence-electron chi connectivity index (χ4n) is 2.94. The van der Waals surface area contributed by atoms with E-state index in [0.717, 1.165) is 10.6 Å². The molecule has 3 nitrogen and oxygen atoms in total. The van der Waals surface area contributed by atoms with Crippen LogP contribution in [0, 0.1) is 6.92 Å². The van der Waals surface area contributed by atoms with Crippen LogP contribution in [-0.4, -0.2) is 35.6 Å². The van der Waals surface area contributed by atoms with E-state index in [9.17, 15) is 0 Å². The van der Waals surface area contributed by atoms with E-state index in [2.05, 4.69) is 42.3 Å². The van der Waals surface area contributed by atoms with Crippen LogP contribution in [0.25, 0.3) is 10.2 Å². The van der Waals surface area contributed by atoms with Crippen molar-refractivity contribution in [2.24, 2.45) is 0 Å². The molecule has 0 saturated carbocycles. The molecule has 1 saturated heterocycles. The third kappa shape index (κ3) is 2.96. The third-order valence-electron chi connectivity index (χ3n) is 4.08. The van der Waals surface area contributed by atoms with Gasteiger partial charge in [-0.15, -0.1) is 0 Å². The zero-order valence-corrected chi connectivity index (χ0v) is 13.2. The molecule has 1 fully saturated rings. The molecule has 1 aliphatic heterocycles. The minimum absolute atomic E-state index is 0.587. The van der Waals surface area contributed by atoms with E-state index < -0.39 is 0 Å². The van der Waals surface area contributed by atoms with Gasteiger partial charge in [0, 0.05) is 19.1 Å². The molecule has 108 valence electrons. The lowest BCUT2D eigenvalue weighted by Crippen LogP contribution is -2.39. The number of aryl methyl sites for hydroxylation is 1. The lowest BCUT2D eigenvalue weighted by atomic mass is 10.1. The van der Waals surface area contributed by atoms with Crippen LogP contribution in [0.4, 0.5) is 5.13 Å². The summed E-state index contributed by atoms with van der Waals surface area (Å²) in [5.41, 5.74) is 2.42. The minimum atomic E-state index is 0.587. The summed E-state index contributed by atoms with van der Waals surface area (Å²) in [6.45, 7) is 8.07. The fraction of sp³-hybridized carbons (Fsp3) is 0.562. The number of benzene rings is 1. The van der Waals surface area contributed by atoms with Gasteiger partial charge in [0.15, 0.2) is 5.13 Å². The highest BCUT2D eigenvalue weighted by Crippen LogP contribution is 2.29. The highest BCUT2D eigenvalue weighted by atomic mass is 32.1. The van der Waals surface area contributed by atoms with E-state index in [4.69, 9.17) is 4.98 Å². The first-order valence-corrected chi connectivity index (χ1v) is 8.43. The predicted molar refractivity (Wildman–Crippen MR) is 87.7 cm³/mol. The van der Waals surface area contributed by atoms with E-state index in [1.165, 1.54) is 49.2 Å². The Morgan fingerprint density at radius 2 is 2.15 bits per heavy atom. The summed E-state index contributed by atoms with van der Waals surface area (Å²) in [6, 6.07) is 7.00. The lowest BCUT2D eigenvalue weighted by molar-refractivity contribution is 0.219. The number of likely N-dealkylation sites (tertiary alicyclic amines) is 1. The first kappa shape index (κ1) is 13.8. The fourth-order valence-corrected chi connectivity index (χ4v) is 3.96. The van der Waals surface area contributed by atoms with Crippen LogP contribution in [0.3, 0.4) is 0 Å². The molecular weight excluding hydrogens is 266 g/mol. The molecule has 1 aliphatic rings. The molecule has 0 aliphatic carbocycles. The van der Waals surface area contributed by atoms with E-state index in [1.54, 1.807) is 11.3 Å². The van der Waals surface area contributed by atoms with E-state index in [0.29, 0.717) is 6.04 Å².